The number of nitrogen functional groups attached to an aromatic ring is 1. The molecule has 78 valence electrons. The van der Waals surface area contributed by atoms with Crippen molar-refractivity contribution in [3.63, 3.8) is 0 Å². The van der Waals surface area contributed by atoms with Crippen LogP contribution in [-0.2, 0) is 9.63 Å². The zero-order chi connectivity index (χ0) is 11.3. The lowest BCUT2D eigenvalue weighted by Crippen LogP contribution is -2.25. The van der Waals surface area contributed by atoms with Crippen LogP contribution < -0.4 is 11.5 Å². The minimum atomic E-state index is -0.752. The van der Waals surface area contributed by atoms with Crippen molar-refractivity contribution in [3.05, 3.63) is 11.1 Å². The Balaban J connectivity index is 2.89. The van der Waals surface area contributed by atoms with Gasteiger partial charge in [0.05, 0.1) is 0 Å². The van der Waals surface area contributed by atoms with Crippen molar-refractivity contribution < 1.29 is 9.63 Å². The number of carbonyl (C=O) groups is 1. The molecule has 1 aromatic heterocycles. The van der Waals surface area contributed by atoms with Gasteiger partial charge in [-0.05, 0) is 0 Å². The Morgan fingerprint density at radius 2 is 2.53 bits per heavy atom. The van der Waals surface area contributed by atoms with Crippen LogP contribution in [0, 0.1) is 12.3 Å². The zero-order valence-corrected chi connectivity index (χ0v) is 8.45. The minimum absolute atomic E-state index is 0.0452. The van der Waals surface area contributed by atoms with Crippen LogP contribution >= 0.6 is 11.3 Å². The van der Waals surface area contributed by atoms with Gasteiger partial charge in [0, 0.05) is 5.38 Å². The number of anilines is 1. The fourth-order valence-electron chi connectivity index (χ4n) is 0.748. The first-order valence-electron chi connectivity index (χ1n) is 3.79. The van der Waals surface area contributed by atoms with Crippen molar-refractivity contribution in [2.24, 2.45) is 10.9 Å². The van der Waals surface area contributed by atoms with Gasteiger partial charge in [-0.2, -0.15) is 0 Å². The number of hydrogen-bond acceptors (Lipinski definition) is 6. The summed E-state index contributed by atoms with van der Waals surface area (Å²) in [6, 6.07) is 0. The lowest BCUT2D eigenvalue weighted by Gasteiger charge is -1.97. The first-order chi connectivity index (χ1) is 7.15. The molecule has 0 aliphatic carbocycles. The summed E-state index contributed by atoms with van der Waals surface area (Å²) >= 11 is 1.17. The average Bonchev–Trinajstić information content (AvgIpc) is 2.59. The minimum Gasteiger partial charge on any atom is -0.382 e. The van der Waals surface area contributed by atoms with Gasteiger partial charge in [-0.3, -0.25) is 4.79 Å². The highest BCUT2D eigenvalue weighted by atomic mass is 32.1. The fourth-order valence-corrected chi connectivity index (χ4v) is 1.30. The number of aromatic nitrogens is 1. The van der Waals surface area contributed by atoms with Crippen LogP contribution in [0.5, 0.6) is 0 Å². The Kier molecular flexibility index (Phi) is 3.65. The van der Waals surface area contributed by atoms with Gasteiger partial charge >= 0.3 is 0 Å². The number of primary amides is 1. The summed E-state index contributed by atoms with van der Waals surface area (Å²) in [5.74, 6) is 1.44. The molecule has 7 heteroatoms. The molecule has 0 aliphatic rings. The maximum atomic E-state index is 11.0. The Labute approximate surface area is 89.9 Å². The molecule has 6 nitrogen and oxygen atoms in total. The summed E-state index contributed by atoms with van der Waals surface area (Å²) in [6.07, 6.45) is 4.94. The van der Waals surface area contributed by atoms with Crippen molar-refractivity contribution in [1.29, 1.82) is 0 Å². The molecule has 0 aliphatic heterocycles. The SMILES string of the molecule is C#CCO/N=C(/C(N)=O)c1csc(N)n1. The third-order valence-electron chi connectivity index (χ3n) is 1.30. The van der Waals surface area contributed by atoms with E-state index in [4.69, 9.17) is 17.9 Å². The fraction of sp³-hybridized carbons (Fsp3) is 0.125. The average molecular weight is 224 g/mol. The zero-order valence-electron chi connectivity index (χ0n) is 7.64. The van der Waals surface area contributed by atoms with Crippen molar-refractivity contribution >= 4 is 28.1 Å². The van der Waals surface area contributed by atoms with Crippen LogP contribution in [-0.4, -0.2) is 23.2 Å². The molecule has 0 unspecified atom stereocenters. The van der Waals surface area contributed by atoms with Crippen LogP contribution in [0.3, 0.4) is 0 Å². The van der Waals surface area contributed by atoms with Crippen molar-refractivity contribution in [2.45, 2.75) is 0 Å². The molecule has 0 bridgehead atoms. The molecule has 0 atom stereocenters. The summed E-state index contributed by atoms with van der Waals surface area (Å²) in [5.41, 5.74) is 10.7. The van der Waals surface area contributed by atoms with E-state index in [1.807, 2.05) is 0 Å². The van der Waals surface area contributed by atoms with Crippen LogP contribution in [0.15, 0.2) is 10.5 Å². The topological polar surface area (TPSA) is 104 Å². The Morgan fingerprint density at radius 3 is 3.00 bits per heavy atom. The van der Waals surface area contributed by atoms with E-state index in [-0.39, 0.29) is 18.0 Å². The molecule has 0 saturated heterocycles. The molecule has 1 aromatic rings. The molecule has 0 fully saturated rings. The van der Waals surface area contributed by atoms with Crippen molar-refractivity contribution in [2.75, 3.05) is 12.3 Å². The number of thiazole rings is 1. The van der Waals surface area contributed by atoms with Gasteiger partial charge in [0.1, 0.15) is 5.69 Å². The van der Waals surface area contributed by atoms with Gasteiger partial charge < -0.3 is 16.3 Å². The third-order valence-corrected chi connectivity index (χ3v) is 1.98. The van der Waals surface area contributed by atoms with E-state index >= 15 is 0 Å². The first-order valence-corrected chi connectivity index (χ1v) is 4.67. The van der Waals surface area contributed by atoms with Gasteiger partial charge in [-0.25, -0.2) is 4.98 Å². The third kappa shape index (κ3) is 2.96. The van der Waals surface area contributed by atoms with Crippen molar-refractivity contribution in [1.82, 2.24) is 4.98 Å². The molecular weight excluding hydrogens is 216 g/mol. The number of terminal acetylenes is 1. The van der Waals surface area contributed by atoms with E-state index in [2.05, 4.69) is 20.9 Å². The number of amides is 1. The van der Waals surface area contributed by atoms with E-state index in [9.17, 15) is 4.79 Å². The van der Waals surface area contributed by atoms with Gasteiger partial charge in [-0.15, -0.1) is 17.8 Å². The Morgan fingerprint density at radius 1 is 1.80 bits per heavy atom. The number of carbonyl (C=O) groups excluding carboxylic acids is 1. The van der Waals surface area contributed by atoms with E-state index in [0.29, 0.717) is 5.13 Å². The smallest absolute Gasteiger partial charge is 0.273 e. The largest absolute Gasteiger partial charge is 0.382 e. The molecule has 0 saturated carbocycles. The van der Waals surface area contributed by atoms with Crippen LogP contribution in [0.2, 0.25) is 0 Å². The second-order valence-corrected chi connectivity index (χ2v) is 3.24. The highest BCUT2D eigenvalue weighted by Crippen LogP contribution is 2.11. The predicted molar refractivity (Wildman–Crippen MR) is 57.0 cm³/mol. The molecule has 15 heavy (non-hydrogen) atoms. The highest BCUT2D eigenvalue weighted by molar-refractivity contribution is 7.13. The van der Waals surface area contributed by atoms with Gasteiger partial charge in [0.25, 0.3) is 5.91 Å². The molecular formula is C8H8N4O2S. The Hall–Kier alpha value is -2.07. The standard InChI is InChI=1S/C8H8N4O2S/c1-2-3-14-12-6(7(9)13)5-4-15-8(10)11-5/h1,4H,3H2,(H2,9,13)(H2,10,11)/b12-6+. The normalized spacial score (nSPS) is 10.7. The van der Waals surface area contributed by atoms with Gasteiger partial charge in [-0.1, -0.05) is 11.1 Å². The summed E-state index contributed by atoms with van der Waals surface area (Å²) in [7, 11) is 0. The second-order valence-electron chi connectivity index (χ2n) is 2.35. The van der Waals surface area contributed by atoms with Gasteiger partial charge in [0.15, 0.2) is 17.5 Å². The van der Waals surface area contributed by atoms with Crippen LogP contribution in [0.4, 0.5) is 5.13 Å². The van der Waals surface area contributed by atoms with Crippen LogP contribution in [0.1, 0.15) is 5.69 Å². The summed E-state index contributed by atoms with van der Waals surface area (Å²) in [4.78, 5) is 19.5. The van der Waals surface area contributed by atoms with E-state index in [0.717, 1.165) is 0 Å². The number of oxime groups is 1. The first kappa shape index (κ1) is 11.0. The molecule has 0 radical (unpaired) electrons. The summed E-state index contributed by atoms with van der Waals surface area (Å²) in [5, 5.41) is 5.35. The van der Waals surface area contributed by atoms with E-state index < -0.39 is 5.91 Å². The van der Waals surface area contributed by atoms with E-state index in [1.54, 1.807) is 5.38 Å². The number of nitrogens with two attached hydrogens (primary N) is 2. The monoisotopic (exact) mass is 224 g/mol. The molecule has 1 heterocycles. The highest BCUT2D eigenvalue weighted by Gasteiger charge is 2.14. The molecule has 4 N–H and O–H groups in total. The molecule has 1 amide bonds. The van der Waals surface area contributed by atoms with Gasteiger partial charge in [0.2, 0.25) is 0 Å². The number of rotatable bonds is 4. The molecule has 0 spiro atoms. The summed E-state index contributed by atoms with van der Waals surface area (Å²) in [6.45, 7) is -0.0452. The number of nitrogens with zero attached hydrogens (tertiary/aromatic N) is 2. The molecule has 0 aromatic carbocycles. The quantitative estimate of drug-likeness (QED) is 0.313. The van der Waals surface area contributed by atoms with Crippen molar-refractivity contribution in [3.8, 4) is 12.3 Å². The van der Waals surface area contributed by atoms with Crippen LogP contribution in [0.25, 0.3) is 0 Å². The second kappa shape index (κ2) is 4.97. The lowest BCUT2D eigenvalue weighted by molar-refractivity contribution is -0.112. The maximum absolute atomic E-state index is 11.0. The predicted octanol–water partition coefficient (Wildman–Crippen LogP) is -0.436. The number of hydrogen-bond donors (Lipinski definition) is 2. The lowest BCUT2D eigenvalue weighted by atomic mass is 10.3. The molecule has 1 rings (SSSR count). The maximum Gasteiger partial charge on any atom is 0.273 e. The Bertz CT molecular complexity index is 432. The van der Waals surface area contributed by atoms with E-state index in [1.165, 1.54) is 11.3 Å². The summed E-state index contributed by atoms with van der Waals surface area (Å²) < 4.78 is 0.